The largest absolute Gasteiger partial charge is 0.383 e. The Morgan fingerprint density at radius 3 is 2.78 bits per heavy atom. The Morgan fingerprint density at radius 1 is 1.35 bits per heavy atom. The number of pyridine rings is 1. The number of sulfonamides is 1. The highest BCUT2D eigenvalue weighted by Crippen LogP contribution is 2.36. The number of nitro benzene ring substituents is 1. The quantitative estimate of drug-likeness (QED) is 0.664. The molecular weight excluding hydrogens is 344 g/mol. The van der Waals surface area contributed by atoms with Crippen LogP contribution < -0.4 is 10.0 Å². The van der Waals surface area contributed by atoms with Crippen LogP contribution in [0.2, 0.25) is 5.02 Å². The zero-order valence-corrected chi connectivity index (χ0v) is 13.2. The number of anilines is 2. The van der Waals surface area contributed by atoms with Crippen molar-refractivity contribution in [2.75, 3.05) is 16.6 Å². The molecule has 0 unspecified atom stereocenters. The van der Waals surface area contributed by atoms with Crippen molar-refractivity contribution in [3.63, 3.8) is 0 Å². The Bertz CT molecular complexity index is 916. The molecule has 1 aliphatic rings. The van der Waals surface area contributed by atoms with Crippen molar-refractivity contribution < 1.29 is 13.3 Å². The van der Waals surface area contributed by atoms with E-state index in [0.717, 1.165) is 4.31 Å². The van der Waals surface area contributed by atoms with Crippen LogP contribution in [0, 0.1) is 10.1 Å². The van der Waals surface area contributed by atoms with Gasteiger partial charge in [0, 0.05) is 24.9 Å². The first-order valence-electron chi connectivity index (χ1n) is 6.52. The number of nitrogen functional groups attached to an aromatic ring is 1. The first-order valence-corrected chi connectivity index (χ1v) is 8.33. The van der Waals surface area contributed by atoms with Crippen LogP contribution in [-0.2, 0) is 16.4 Å². The summed E-state index contributed by atoms with van der Waals surface area (Å²) in [6, 6.07) is 5.37. The number of halogens is 1. The van der Waals surface area contributed by atoms with Crippen LogP contribution in [0.4, 0.5) is 17.2 Å². The first-order chi connectivity index (χ1) is 10.8. The summed E-state index contributed by atoms with van der Waals surface area (Å²) in [5.41, 5.74) is 6.47. The Balaban J connectivity index is 2.13. The molecule has 8 nitrogen and oxygen atoms in total. The van der Waals surface area contributed by atoms with Gasteiger partial charge in [-0.1, -0.05) is 17.7 Å². The number of benzene rings is 1. The van der Waals surface area contributed by atoms with Gasteiger partial charge in [-0.05, 0) is 18.1 Å². The molecule has 10 heteroatoms. The van der Waals surface area contributed by atoms with Crippen molar-refractivity contribution in [3.05, 3.63) is 51.2 Å². The molecule has 1 aromatic heterocycles. The molecule has 0 bridgehead atoms. The van der Waals surface area contributed by atoms with Crippen LogP contribution in [0.5, 0.6) is 0 Å². The van der Waals surface area contributed by atoms with Gasteiger partial charge in [0.15, 0.2) is 0 Å². The summed E-state index contributed by atoms with van der Waals surface area (Å²) < 4.78 is 26.8. The SMILES string of the molecule is Nc1ncc(Cl)cc1S(=O)(=O)N1CCc2ccc([N+](=O)[O-])cc21. The molecule has 0 radical (unpaired) electrons. The van der Waals surface area contributed by atoms with Crippen LogP contribution >= 0.6 is 11.6 Å². The molecule has 0 atom stereocenters. The van der Waals surface area contributed by atoms with Crippen LogP contribution in [0.3, 0.4) is 0 Å². The van der Waals surface area contributed by atoms with Crippen molar-refractivity contribution in [2.24, 2.45) is 0 Å². The molecule has 0 spiro atoms. The fourth-order valence-corrected chi connectivity index (χ4v) is 4.27. The fraction of sp³-hybridized carbons (Fsp3) is 0.154. The summed E-state index contributed by atoms with van der Waals surface area (Å²) >= 11 is 5.81. The minimum Gasteiger partial charge on any atom is -0.383 e. The number of nitrogens with zero attached hydrogens (tertiary/aromatic N) is 3. The van der Waals surface area contributed by atoms with E-state index in [1.165, 1.54) is 24.4 Å². The van der Waals surface area contributed by atoms with Crippen LogP contribution in [0.15, 0.2) is 35.4 Å². The van der Waals surface area contributed by atoms with Gasteiger partial charge in [-0.15, -0.1) is 0 Å². The molecule has 0 saturated carbocycles. The summed E-state index contributed by atoms with van der Waals surface area (Å²) in [7, 11) is -4.01. The van der Waals surface area contributed by atoms with E-state index < -0.39 is 14.9 Å². The maximum atomic E-state index is 12.8. The lowest BCUT2D eigenvalue weighted by Gasteiger charge is -2.20. The van der Waals surface area contributed by atoms with E-state index in [1.807, 2.05) is 0 Å². The average Bonchev–Trinajstić information content (AvgIpc) is 2.93. The number of nitrogens with two attached hydrogens (primary N) is 1. The first kappa shape index (κ1) is 15.5. The molecule has 0 fully saturated rings. The second-order valence-corrected chi connectivity index (χ2v) is 7.20. The minimum absolute atomic E-state index is 0.135. The van der Waals surface area contributed by atoms with E-state index in [-0.39, 0.29) is 33.7 Å². The Hall–Kier alpha value is -2.39. The van der Waals surface area contributed by atoms with Crippen molar-refractivity contribution in [1.29, 1.82) is 0 Å². The number of fused-ring (bicyclic) bond motifs is 1. The highest BCUT2D eigenvalue weighted by molar-refractivity contribution is 7.93. The van der Waals surface area contributed by atoms with Crippen molar-refractivity contribution in [3.8, 4) is 0 Å². The molecule has 2 heterocycles. The molecule has 0 amide bonds. The zero-order chi connectivity index (χ0) is 16.8. The molecule has 2 N–H and O–H groups in total. The van der Waals surface area contributed by atoms with Crippen LogP contribution in [0.1, 0.15) is 5.56 Å². The van der Waals surface area contributed by atoms with Gasteiger partial charge >= 0.3 is 0 Å². The minimum atomic E-state index is -4.01. The average molecular weight is 355 g/mol. The third-order valence-electron chi connectivity index (χ3n) is 3.55. The number of rotatable bonds is 3. The van der Waals surface area contributed by atoms with E-state index in [1.54, 1.807) is 6.07 Å². The lowest BCUT2D eigenvalue weighted by molar-refractivity contribution is -0.384. The van der Waals surface area contributed by atoms with E-state index in [4.69, 9.17) is 17.3 Å². The number of aromatic nitrogens is 1. The van der Waals surface area contributed by atoms with Crippen molar-refractivity contribution in [2.45, 2.75) is 11.3 Å². The van der Waals surface area contributed by atoms with Crippen molar-refractivity contribution in [1.82, 2.24) is 4.98 Å². The van der Waals surface area contributed by atoms with Gasteiger partial charge < -0.3 is 5.73 Å². The molecular formula is C13H11ClN4O4S. The zero-order valence-electron chi connectivity index (χ0n) is 11.6. The van der Waals surface area contributed by atoms with Gasteiger partial charge in [-0.3, -0.25) is 14.4 Å². The van der Waals surface area contributed by atoms with E-state index >= 15 is 0 Å². The van der Waals surface area contributed by atoms with Crippen LogP contribution in [-0.4, -0.2) is 24.9 Å². The third kappa shape index (κ3) is 2.57. The fourth-order valence-electron chi connectivity index (χ4n) is 2.46. The maximum absolute atomic E-state index is 12.8. The molecule has 23 heavy (non-hydrogen) atoms. The second kappa shape index (κ2) is 5.36. The standard InChI is InChI=1S/C13H11ClN4O4S/c14-9-5-12(13(15)16-7-9)23(21,22)17-4-3-8-1-2-10(18(19)20)6-11(8)17/h1-2,5-7H,3-4H2,(H2,15,16). The summed E-state index contributed by atoms with van der Waals surface area (Å²) in [4.78, 5) is 13.9. The van der Waals surface area contributed by atoms with Gasteiger partial charge in [0.25, 0.3) is 15.7 Å². The topological polar surface area (TPSA) is 119 Å². The predicted octanol–water partition coefficient (Wildman–Crippen LogP) is 1.98. The molecule has 1 aromatic carbocycles. The van der Waals surface area contributed by atoms with Crippen molar-refractivity contribution >= 4 is 38.8 Å². The number of non-ortho nitro benzene ring substituents is 1. The number of hydrogen-bond acceptors (Lipinski definition) is 6. The molecule has 3 rings (SSSR count). The summed E-state index contributed by atoms with van der Waals surface area (Å²) in [5.74, 6) is -0.173. The highest BCUT2D eigenvalue weighted by atomic mass is 35.5. The second-order valence-electron chi connectivity index (χ2n) is 4.93. The Kier molecular flexibility index (Phi) is 3.61. The van der Waals surface area contributed by atoms with Gasteiger partial charge in [-0.25, -0.2) is 13.4 Å². The monoisotopic (exact) mass is 354 g/mol. The molecule has 0 aliphatic carbocycles. The number of nitro groups is 1. The lowest BCUT2D eigenvalue weighted by Crippen LogP contribution is -2.30. The van der Waals surface area contributed by atoms with Crippen LogP contribution in [0.25, 0.3) is 0 Å². The van der Waals surface area contributed by atoms with Gasteiger partial charge in [0.2, 0.25) is 0 Å². The van der Waals surface area contributed by atoms with E-state index in [2.05, 4.69) is 4.98 Å². The maximum Gasteiger partial charge on any atom is 0.271 e. The van der Waals surface area contributed by atoms with E-state index in [9.17, 15) is 18.5 Å². The molecule has 1 aliphatic heterocycles. The lowest BCUT2D eigenvalue weighted by atomic mass is 10.1. The molecule has 0 saturated heterocycles. The summed E-state index contributed by atoms with van der Waals surface area (Å²) in [5, 5.41) is 11.1. The normalized spacial score (nSPS) is 13.9. The predicted molar refractivity (Wildman–Crippen MR) is 85.0 cm³/mol. The molecule has 2 aromatic rings. The van der Waals surface area contributed by atoms with Gasteiger partial charge in [-0.2, -0.15) is 0 Å². The smallest absolute Gasteiger partial charge is 0.271 e. The highest BCUT2D eigenvalue weighted by Gasteiger charge is 2.33. The summed E-state index contributed by atoms with van der Waals surface area (Å²) in [6.45, 7) is 0.171. The Morgan fingerprint density at radius 2 is 2.09 bits per heavy atom. The van der Waals surface area contributed by atoms with Gasteiger partial charge in [0.1, 0.15) is 10.7 Å². The van der Waals surface area contributed by atoms with E-state index in [0.29, 0.717) is 12.0 Å². The molecule has 120 valence electrons. The Labute approximate surface area is 136 Å². The number of hydrogen-bond donors (Lipinski definition) is 1. The summed E-state index contributed by atoms with van der Waals surface area (Å²) in [6.07, 6.45) is 1.71. The van der Waals surface area contributed by atoms with Gasteiger partial charge in [0.05, 0.1) is 15.6 Å². The third-order valence-corrected chi connectivity index (χ3v) is 5.60.